The Morgan fingerprint density at radius 3 is 2.48 bits per heavy atom. The predicted molar refractivity (Wildman–Crippen MR) is 91.6 cm³/mol. The summed E-state index contributed by atoms with van der Waals surface area (Å²) in [5, 5.41) is 5.86. The maximum Gasteiger partial charge on any atom is 0.251 e. The number of aryl methyl sites for hydroxylation is 1. The minimum Gasteiger partial charge on any atom is -0.355 e. The molecule has 0 spiro atoms. The molecule has 2 aromatic carbocycles. The molecule has 0 heterocycles. The summed E-state index contributed by atoms with van der Waals surface area (Å²) in [6.07, 6.45) is 1.77. The molecule has 2 aromatic rings. The topological polar surface area (TPSA) is 58.2 Å². The van der Waals surface area contributed by atoms with Gasteiger partial charge >= 0.3 is 0 Å². The van der Waals surface area contributed by atoms with E-state index in [1.807, 2.05) is 18.2 Å². The Labute approximate surface area is 140 Å². The van der Waals surface area contributed by atoms with E-state index in [9.17, 15) is 9.59 Å². The van der Waals surface area contributed by atoms with Gasteiger partial charge in [-0.1, -0.05) is 48.0 Å². The standard InChI is InChI=1S/C18H19ClN2O2/c19-16-10-4-9-15(12-16)18(23)21-13-17(22)20-11-5-8-14-6-2-1-3-7-14/h1-4,6-7,9-10,12H,5,8,11,13H2,(H,20,22)(H,21,23). The van der Waals surface area contributed by atoms with Crippen molar-refractivity contribution in [3.63, 3.8) is 0 Å². The molecule has 0 fully saturated rings. The van der Waals surface area contributed by atoms with Gasteiger partial charge in [0, 0.05) is 17.1 Å². The molecule has 0 aliphatic heterocycles. The average molecular weight is 331 g/mol. The van der Waals surface area contributed by atoms with Gasteiger partial charge in [-0.3, -0.25) is 9.59 Å². The van der Waals surface area contributed by atoms with Crippen molar-refractivity contribution in [2.24, 2.45) is 0 Å². The highest BCUT2D eigenvalue weighted by Gasteiger charge is 2.08. The van der Waals surface area contributed by atoms with Crippen LogP contribution in [0, 0.1) is 0 Å². The minimum atomic E-state index is -0.313. The van der Waals surface area contributed by atoms with Crippen molar-refractivity contribution < 1.29 is 9.59 Å². The zero-order chi connectivity index (χ0) is 16.5. The summed E-state index contributed by atoms with van der Waals surface area (Å²) < 4.78 is 0. The normalized spacial score (nSPS) is 10.1. The summed E-state index contributed by atoms with van der Waals surface area (Å²) in [4.78, 5) is 23.6. The van der Waals surface area contributed by atoms with Crippen molar-refractivity contribution in [3.8, 4) is 0 Å². The van der Waals surface area contributed by atoms with E-state index in [2.05, 4.69) is 22.8 Å². The van der Waals surface area contributed by atoms with E-state index in [0.29, 0.717) is 17.1 Å². The van der Waals surface area contributed by atoms with Crippen molar-refractivity contribution >= 4 is 23.4 Å². The lowest BCUT2D eigenvalue weighted by Gasteiger charge is -2.07. The van der Waals surface area contributed by atoms with Crippen LogP contribution >= 0.6 is 11.6 Å². The lowest BCUT2D eigenvalue weighted by Crippen LogP contribution is -2.37. The third-order valence-corrected chi connectivity index (χ3v) is 3.54. The van der Waals surface area contributed by atoms with Gasteiger partial charge in [0.05, 0.1) is 6.54 Å². The van der Waals surface area contributed by atoms with Gasteiger partial charge in [0.1, 0.15) is 0 Å². The number of carbonyl (C=O) groups excluding carboxylic acids is 2. The van der Waals surface area contributed by atoms with E-state index in [0.717, 1.165) is 12.8 Å². The van der Waals surface area contributed by atoms with E-state index in [1.54, 1.807) is 24.3 Å². The molecule has 0 aromatic heterocycles. The third-order valence-electron chi connectivity index (χ3n) is 3.30. The maximum atomic E-state index is 11.9. The number of amides is 2. The second-order valence-corrected chi connectivity index (χ2v) is 5.57. The molecule has 2 N–H and O–H groups in total. The Morgan fingerprint density at radius 2 is 1.74 bits per heavy atom. The second-order valence-electron chi connectivity index (χ2n) is 5.13. The fourth-order valence-corrected chi connectivity index (χ4v) is 2.31. The summed E-state index contributed by atoms with van der Waals surface area (Å²) in [7, 11) is 0. The molecule has 5 heteroatoms. The van der Waals surface area contributed by atoms with E-state index in [1.165, 1.54) is 5.56 Å². The first-order chi connectivity index (χ1) is 11.1. The fraction of sp³-hybridized carbons (Fsp3) is 0.222. The van der Waals surface area contributed by atoms with Gasteiger partial charge in [-0.15, -0.1) is 0 Å². The number of rotatable bonds is 7. The maximum absolute atomic E-state index is 11.9. The molecule has 2 rings (SSSR count). The van der Waals surface area contributed by atoms with Gasteiger partial charge in [-0.25, -0.2) is 0 Å². The fourth-order valence-electron chi connectivity index (χ4n) is 2.12. The summed E-state index contributed by atoms with van der Waals surface area (Å²) >= 11 is 5.83. The Hall–Kier alpha value is -2.33. The first kappa shape index (κ1) is 17.0. The SMILES string of the molecule is O=C(CNC(=O)c1cccc(Cl)c1)NCCCc1ccccc1. The van der Waals surface area contributed by atoms with Crippen molar-refractivity contribution in [3.05, 3.63) is 70.7 Å². The molecule has 0 saturated heterocycles. The van der Waals surface area contributed by atoms with Crippen molar-refractivity contribution in [1.29, 1.82) is 0 Å². The molecular formula is C18H19ClN2O2. The minimum absolute atomic E-state index is 0.0450. The first-order valence-electron chi connectivity index (χ1n) is 7.49. The van der Waals surface area contributed by atoms with Crippen LogP contribution in [0.25, 0.3) is 0 Å². The molecule has 2 amide bonds. The van der Waals surface area contributed by atoms with Crippen LogP contribution in [0.4, 0.5) is 0 Å². The largest absolute Gasteiger partial charge is 0.355 e. The number of carbonyl (C=O) groups is 2. The highest BCUT2D eigenvalue weighted by molar-refractivity contribution is 6.30. The van der Waals surface area contributed by atoms with Crippen LogP contribution in [0.5, 0.6) is 0 Å². The van der Waals surface area contributed by atoms with E-state index < -0.39 is 0 Å². The van der Waals surface area contributed by atoms with Gasteiger partial charge in [0.25, 0.3) is 5.91 Å². The lowest BCUT2D eigenvalue weighted by molar-refractivity contribution is -0.120. The molecule has 0 bridgehead atoms. The quantitative estimate of drug-likeness (QED) is 0.767. The highest BCUT2D eigenvalue weighted by atomic mass is 35.5. The third kappa shape index (κ3) is 6.12. The Morgan fingerprint density at radius 1 is 0.957 bits per heavy atom. The predicted octanol–water partition coefficient (Wildman–Crippen LogP) is 2.82. The molecule has 0 saturated carbocycles. The zero-order valence-corrected chi connectivity index (χ0v) is 13.5. The molecule has 23 heavy (non-hydrogen) atoms. The van der Waals surface area contributed by atoms with Crippen LogP contribution in [0.2, 0.25) is 5.02 Å². The molecule has 120 valence electrons. The van der Waals surface area contributed by atoms with Gasteiger partial charge in [-0.2, -0.15) is 0 Å². The number of nitrogens with one attached hydrogen (secondary N) is 2. The smallest absolute Gasteiger partial charge is 0.251 e. The van der Waals surface area contributed by atoms with Gasteiger partial charge < -0.3 is 10.6 Å². The molecule has 0 atom stereocenters. The number of hydrogen-bond acceptors (Lipinski definition) is 2. The summed E-state index contributed by atoms with van der Waals surface area (Å²) in [6.45, 7) is 0.539. The van der Waals surface area contributed by atoms with Crippen molar-refractivity contribution in [1.82, 2.24) is 10.6 Å². The van der Waals surface area contributed by atoms with Crippen LogP contribution in [-0.2, 0) is 11.2 Å². The van der Waals surface area contributed by atoms with Gasteiger partial charge in [0.15, 0.2) is 0 Å². The zero-order valence-electron chi connectivity index (χ0n) is 12.7. The summed E-state index contributed by atoms with van der Waals surface area (Å²) in [5.41, 5.74) is 1.69. The molecule has 0 radical (unpaired) electrons. The molecule has 4 nitrogen and oxygen atoms in total. The molecule has 0 aliphatic rings. The van der Waals surface area contributed by atoms with Crippen molar-refractivity contribution in [2.45, 2.75) is 12.8 Å². The number of halogens is 1. The van der Waals surface area contributed by atoms with Crippen LogP contribution in [0.3, 0.4) is 0 Å². The number of hydrogen-bond donors (Lipinski definition) is 2. The van der Waals surface area contributed by atoms with Gasteiger partial charge in [0.2, 0.25) is 5.91 Å². The van der Waals surface area contributed by atoms with Crippen LogP contribution < -0.4 is 10.6 Å². The van der Waals surface area contributed by atoms with E-state index in [4.69, 9.17) is 11.6 Å². The monoisotopic (exact) mass is 330 g/mol. The molecule has 0 unspecified atom stereocenters. The van der Waals surface area contributed by atoms with Crippen LogP contribution in [0.1, 0.15) is 22.3 Å². The average Bonchev–Trinajstić information content (AvgIpc) is 2.57. The van der Waals surface area contributed by atoms with E-state index in [-0.39, 0.29) is 18.4 Å². The lowest BCUT2D eigenvalue weighted by atomic mass is 10.1. The summed E-state index contributed by atoms with van der Waals surface area (Å²) in [6, 6.07) is 16.7. The van der Waals surface area contributed by atoms with Crippen LogP contribution in [0.15, 0.2) is 54.6 Å². The second kappa shape index (κ2) is 8.96. The Balaban J connectivity index is 1.64. The first-order valence-corrected chi connectivity index (χ1v) is 7.87. The van der Waals surface area contributed by atoms with Crippen LogP contribution in [-0.4, -0.2) is 24.9 Å². The van der Waals surface area contributed by atoms with E-state index >= 15 is 0 Å². The highest BCUT2D eigenvalue weighted by Crippen LogP contribution is 2.10. The summed E-state index contributed by atoms with van der Waals surface area (Å²) in [5.74, 6) is -0.514. The molecular weight excluding hydrogens is 312 g/mol. The van der Waals surface area contributed by atoms with Crippen molar-refractivity contribution in [2.75, 3.05) is 13.1 Å². The number of benzene rings is 2. The van der Waals surface area contributed by atoms with Gasteiger partial charge in [-0.05, 0) is 36.6 Å². The molecule has 0 aliphatic carbocycles. The Bertz CT molecular complexity index is 659. The Kier molecular flexibility index (Phi) is 6.63.